The van der Waals surface area contributed by atoms with Crippen LogP contribution in [0, 0.1) is 0 Å². The molecule has 2 nitrogen and oxygen atoms in total. The molecule has 0 amide bonds. The molecule has 0 bridgehead atoms. The molecular formula is C16H25ClO2S. The van der Waals surface area contributed by atoms with Gasteiger partial charge >= 0.3 is 0 Å². The van der Waals surface area contributed by atoms with Gasteiger partial charge in [0.1, 0.15) is 0 Å². The number of aryl methyl sites for hydroxylation is 2. The summed E-state index contributed by atoms with van der Waals surface area (Å²) in [6.45, 7) is 4.29. The molecule has 20 heavy (non-hydrogen) atoms. The van der Waals surface area contributed by atoms with Gasteiger partial charge in [0, 0.05) is 10.7 Å². The van der Waals surface area contributed by atoms with Crippen LogP contribution in [0.3, 0.4) is 0 Å². The molecule has 0 radical (unpaired) electrons. The summed E-state index contributed by atoms with van der Waals surface area (Å²) in [5, 5.41) is 0. The van der Waals surface area contributed by atoms with Crippen molar-refractivity contribution in [2.24, 2.45) is 0 Å². The fourth-order valence-corrected chi connectivity index (χ4v) is 3.54. The number of hydrogen-bond donors (Lipinski definition) is 0. The van der Waals surface area contributed by atoms with Crippen molar-refractivity contribution in [3.63, 3.8) is 0 Å². The first-order valence-corrected chi connectivity index (χ1v) is 9.86. The van der Waals surface area contributed by atoms with Gasteiger partial charge in [-0.05, 0) is 42.9 Å². The highest BCUT2D eigenvalue weighted by molar-refractivity contribution is 8.13. The Labute approximate surface area is 128 Å². The molecule has 0 unspecified atom stereocenters. The highest BCUT2D eigenvalue weighted by atomic mass is 35.7. The summed E-state index contributed by atoms with van der Waals surface area (Å²) >= 11 is 0. The van der Waals surface area contributed by atoms with Gasteiger partial charge in [0.2, 0.25) is 0 Å². The van der Waals surface area contributed by atoms with Crippen LogP contribution in [0.4, 0.5) is 0 Å². The molecule has 0 N–H and O–H groups in total. The second kappa shape index (κ2) is 8.68. The standard InChI is InChI=1S/C16H25ClO2S/c1-3-5-7-9-14-11-12-15(10-8-6-4-2)16(13-14)20(17,18)19/h11-13H,3-10H2,1-2H3. The van der Waals surface area contributed by atoms with Gasteiger partial charge in [-0.1, -0.05) is 51.7 Å². The summed E-state index contributed by atoms with van der Waals surface area (Å²) in [6, 6.07) is 5.74. The van der Waals surface area contributed by atoms with E-state index in [-0.39, 0.29) is 0 Å². The highest BCUT2D eigenvalue weighted by Crippen LogP contribution is 2.24. The van der Waals surface area contributed by atoms with E-state index in [4.69, 9.17) is 10.7 Å². The first kappa shape index (κ1) is 17.5. The third kappa shape index (κ3) is 5.84. The Bertz CT molecular complexity index is 509. The summed E-state index contributed by atoms with van der Waals surface area (Å²) in [6.07, 6.45) is 8.36. The number of hydrogen-bond acceptors (Lipinski definition) is 2. The molecule has 4 heteroatoms. The molecule has 0 atom stereocenters. The van der Waals surface area contributed by atoms with E-state index in [1.54, 1.807) is 6.07 Å². The molecule has 0 spiro atoms. The van der Waals surface area contributed by atoms with E-state index in [0.717, 1.165) is 56.1 Å². The van der Waals surface area contributed by atoms with Gasteiger partial charge < -0.3 is 0 Å². The third-order valence-corrected chi connectivity index (χ3v) is 4.92. The average Bonchev–Trinajstić information content (AvgIpc) is 2.39. The number of rotatable bonds is 9. The Hall–Kier alpha value is -0.540. The lowest BCUT2D eigenvalue weighted by atomic mass is 10.0. The van der Waals surface area contributed by atoms with Crippen LogP contribution in [0.1, 0.15) is 63.5 Å². The van der Waals surface area contributed by atoms with E-state index in [0.29, 0.717) is 4.90 Å². The second-order valence-corrected chi connectivity index (χ2v) is 7.83. The number of unbranched alkanes of at least 4 members (excludes halogenated alkanes) is 4. The van der Waals surface area contributed by atoms with Crippen molar-refractivity contribution in [3.05, 3.63) is 29.3 Å². The zero-order valence-electron chi connectivity index (χ0n) is 12.5. The maximum Gasteiger partial charge on any atom is 0.261 e. The van der Waals surface area contributed by atoms with Gasteiger partial charge in [-0.25, -0.2) is 8.42 Å². The van der Waals surface area contributed by atoms with Crippen molar-refractivity contribution in [1.29, 1.82) is 0 Å². The molecule has 0 heterocycles. The van der Waals surface area contributed by atoms with E-state index in [2.05, 4.69) is 13.8 Å². The largest absolute Gasteiger partial charge is 0.261 e. The first-order valence-electron chi connectivity index (χ1n) is 7.55. The van der Waals surface area contributed by atoms with Crippen molar-refractivity contribution in [2.75, 3.05) is 0 Å². The van der Waals surface area contributed by atoms with Crippen molar-refractivity contribution in [1.82, 2.24) is 0 Å². The summed E-state index contributed by atoms with van der Waals surface area (Å²) in [4.78, 5) is 0.310. The smallest absolute Gasteiger partial charge is 0.207 e. The lowest BCUT2D eigenvalue weighted by Gasteiger charge is -2.09. The topological polar surface area (TPSA) is 34.1 Å². The van der Waals surface area contributed by atoms with Gasteiger partial charge in [-0.15, -0.1) is 0 Å². The molecular weight excluding hydrogens is 292 g/mol. The molecule has 0 aliphatic carbocycles. The zero-order valence-corrected chi connectivity index (χ0v) is 14.1. The predicted molar refractivity (Wildman–Crippen MR) is 85.9 cm³/mol. The molecule has 0 saturated heterocycles. The van der Waals surface area contributed by atoms with Gasteiger partial charge in [0.25, 0.3) is 9.05 Å². The van der Waals surface area contributed by atoms with E-state index < -0.39 is 9.05 Å². The van der Waals surface area contributed by atoms with E-state index in [1.165, 1.54) is 6.42 Å². The van der Waals surface area contributed by atoms with Gasteiger partial charge in [0.15, 0.2) is 0 Å². The molecule has 1 aromatic rings. The molecule has 1 aromatic carbocycles. The molecule has 1 rings (SSSR count). The van der Waals surface area contributed by atoms with Gasteiger partial charge in [-0.3, -0.25) is 0 Å². The van der Waals surface area contributed by atoms with Crippen LogP contribution < -0.4 is 0 Å². The molecule has 0 aromatic heterocycles. The van der Waals surface area contributed by atoms with Crippen molar-refractivity contribution in [3.8, 4) is 0 Å². The van der Waals surface area contributed by atoms with Gasteiger partial charge in [0.05, 0.1) is 4.90 Å². The maximum atomic E-state index is 11.7. The Morgan fingerprint density at radius 2 is 1.55 bits per heavy atom. The minimum Gasteiger partial charge on any atom is -0.207 e. The molecule has 0 aliphatic rings. The normalized spacial score (nSPS) is 11.8. The van der Waals surface area contributed by atoms with E-state index in [9.17, 15) is 8.42 Å². The summed E-state index contributed by atoms with van der Waals surface area (Å²) in [5.41, 5.74) is 1.92. The Balaban J connectivity index is 2.89. The fraction of sp³-hybridized carbons (Fsp3) is 0.625. The average molecular weight is 317 g/mol. The van der Waals surface area contributed by atoms with Crippen LogP contribution in [0.25, 0.3) is 0 Å². The van der Waals surface area contributed by atoms with Crippen LogP contribution in [0.5, 0.6) is 0 Å². The summed E-state index contributed by atoms with van der Waals surface area (Å²) in [7, 11) is 1.93. The minimum absolute atomic E-state index is 0.310. The first-order chi connectivity index (χ1) is 9.49. The highest BCUT2D eigenvalue weighted by Gasteiger charge is 2.16. The molecule has 114 valence electrons. The Morgan fingerprint density at radius 1 is 0.950 bits per heavy atom. The predicted octanol–water partition coefficient (Wildman–Crippen LogP) is 5.08. The van der Waals surface area contributed by atoms with Crippen molar-refractivity contribution >= 4 is 19.7 Å². The Morgan fingerprint density at radius 3 is 2.10 bits per heavy atom. The monoisotopic (exact) mass is 316 g/mol. The minimum atomic E-state index is -3.65. The third-order valence-electron chi connectivity index (χ3n) is 3.51. The van der Waals surface area contributed by atoms with Crippen molar-refractivity contribution < 1.29 is 8.42 Å². The fourth-order valence-electron chi connectivity index (χ4n) is 2.33. The number of benzene rings is 1. The van der Waals surface area contributed by atoms with Crippen LogP contribution in [-0.2, 0) is 21.9 Å². The summed E-state index contributed by atoms with van der Waals surface area (Å²) < 4.78 is 23.5. The molecule has 0 fully saturated rings. The quantitative estimate of drug-likeness (QED) is 0.470. The lowest BCUT2D eigenvalue weighted by molar-refractivity contribution is 0.607. The summed E-state index contributed by atoms with van der Waals surface area (Å²) in [5.74, 6) is 0. The maximum absolute atomic E-state index is 11.7. The van der Waals surface area contributed by atoms with Crippen LogP contribution in [-0.4, -0.2) is 8.42 Å². The van der Waals surface area contributed by atoms with Crippen molar-refractivity contribution in [2.45, 2.75) is 70.1 Å². The number of halogens is 1. The Kier molecular flexibility index (Phi) is 7.60. The molecule has 0 aliphatic heterocycles. The van der Waals surface area contributed by atoms with Gasteiger partial charge in [-0.2, -0.15) is 0 Å². The SMILES string of the molecule is CCCCCc1ccc(CCCCC)c(S(=O)(=O)Cl)c1. The lowest BCUT2D eigenvalue weighted by Crippen LogP contribution is -2.00. The van der Waals surface area contributed by atoms with Crippen LogP contribution >= 0.6 is 10.7 Å². The van der Waals surface area contributed by atoms with E-state index >= 15 is 0 Å². The zero-order chi connectivity index (χ0) is 15.0. The van der Waals surface area contributed by atoms with Crippen LogP contribution in [0.15, 0.2) is 23.1 Å². The van der Waals surface area contributed by atoms with Crippen LogP contribution in [0.2, 0.25) is 0 Å². The molecule has 0 saturated carbocycles. The van der Waals surface area contributed by atoms with E-state index in [1.807, 2.05) is 12.1 Å². The second-order valence-electron chi connectivity index (χ2n) is 5.29.